The van der Waals surface area contributed by atoms with E-state index in [9.17, 15) is 22.9 Å². The molecule has 0 amide bonds. The molecule has 3 rings (SSSR count). The number of rotatable bonds is 6. The van der Waals surface area contributed by atoms with E-state index >= 15 is 0 Å². The van der Waals surface area contributed by atoms with Gasteiger partial charge in [-0.2, -0.15) is 0 Å². The Morgan fingerprint density at radius 2 is 1.71 bits per heavy atom. The monoisotopic (exact) mass is 400 g/mol. The summed E-state index contributed by atoms with van der Waals surface area (Å²) in [5.41, 5.74) is 0.878. The fraction of sp³-hybridized carbons (Fsp3) is 0.100. The second kappa shape index (κ2) is 7.77. The number of anilines is 1. The molecule has 144 valence electrons. The molecule has 0 aliphatic carbocycles. The van der Waals surface area contributed by atoms with Gasteiger partial charge in [-0.1, -0.05) is 42.5 Å². The van der Waals surface area contributed by atoms with Crippen LogP contribution < -0.4 is 4.31 Å². The number of nitro benzene ring substituents is 1. The number of hydrogen-bond donors (Lipinski definition) is 0. The summed E-state index contributed by atoms with van der Waals surface area (Å²) in [6.45, 7) is 1.53. The average molecular weight is 400 g/mol. The summed E-state index contributed by atoms with van der Waals surface area (Å²) >= 11 is 0. The number of halogens is 1. The van der Waals surface area contributed by atoms with E-state index in [1.165, 1.54) is 30.3 Å². The van der Waals surface area contributed by atoms with Crippen LogP contribution >= 0.6 is 0 Å². The molecule has 3 aromatic carbocycles. The van der Waals surface area contributed by atoms with Gasteiger partial charge in [-0.05, 0) is 36.2 Å². The molecule has 0 saturated carbocycles. The van der Waals surface area contributed by atoms with Crippen LogP contribution in [0, 0.1) is 22.9 Å². The van der Waals surface area contributed by atoms with Crippen molar-refractivity contribution in [1.29, 1.82) is 0 Å². The number of benzene rings is 3. The smallest absolute Gasteiger partial charge is 0.262 e. The van der Waals surface area contributed by atoms with Crippen molar-refractivity contribution in [2.24, 2.45) is 0 Å². The summed E-state index contributed by atoms with van der Waals surface area (Å²) < 4.78 is 41.8. The van der Waals surface area contributed by atoms with Gasteiger partial charge in [-0.3, -0.25) is 14.4 Å². The van der Waals surface area contributed by atoms with Gasteiger partial charge in [-0.25, -0.2) is 12.8 Å². The number of hydrogen-bond acceptors (Lipinski definition) is 4. The van der Waals surface area contributed by atoms with Gasteiger partial charge >= 0.3 is 0 Å². The molecule has 0 heterocycles. The highest BCUT2D eigenvalue weighted by Crippen LogP contribution is 2.29. The lowest BCUT2D eigenvalue weighted by molar-refractivity contribution is -0.385. The highest BCUT2D eigenvalue weighted by Gasteiger charge is 2.27. The second-order valence-corrected chi connectivity index (χ2v) is 8.05. The van der Waals surface area contributed by atoms with Gasteiger partial charge in [0.25, 0.3) is 15.7 Å². The molecular formula is C20H17FN2O4S. The predicted octanol–water partition coefficient (Wildman–Crippen LogP) is 4.44. The zero-order valence-corrected chi connectivity index (χ0v) is 15.8. The average Bonchev–Trinajstić information content (AvgIpc) is 2.69. The van der Waals surface area contributed by atoms with Gasteiger partial charge in [0.05, 0.1) is 22.1 Å². The van der Waals surface area contributed by atoms with E-state index in [1.54, 1.807) is 37.3 Å². The molecular weight excluding hydrogens is 383 g/mol. The minimum atomic E-state index is -4.18. The second-order valence-electron chi connectivity index (χ2n) is 6.19. The van der Waals surface area contributed by atoms with Crippen molar-refractivity contribution in [2.75, 3.05) is 4.31 Å². The molecule has 28 heavy (non-hydrogen) atoms. The molecule has 0 atom stereocenters. The Bertz CT molecular complexity index is 1120. The largest absolute Gasteiger partial charge is 0.270 e. The number of nitrogens with zero attached hydrogens (tertiary/aromatic N) is 2. The zero-order valence-electron chi connectivity index (χ0n) is 14.9. The predicted molar refractivity (Wildman–Crippen MR) is 104 cm³/mol. The molecule has 0 saturated heterocycles. The van der Waals surface area contributed by atoms with Crippen LogP contribution in [-0.2, 0) is 16.6 Å². The molecule has 0 radical (unpaired) electrons. The Labute approximate surface area is 162 Å². The first-order valence-electron chi connectivity index (χ1n) is 8.36. The van der Waals surface area contributed by atoms with Crippen molar-refractivity contribution >= 4 is 21.4 Å². The fourth-order valence-electron chi connectivity index (χ4n) is 2.69. The molecule has 0 aromatic heterocycles. The van der Waals surface area contributed by atoms with Crippen LogP contribution in [0.4, 0.5) is 15.8 Å². The molecule has 0 N–H and O–H groups in total. The Morgan fingerprint density at radius 1 is 1.00 bits per heavy atom. The van der Waals surface area contributed by atoms with Crippen LogP contribution in [0.15, 0.2) is 77.7 Å². The summed E-state index contributed by atoms with van der Waals surface area (Å²) in [5, 5.41) is 11.0. The van der Waals surface area contributed by atoms with Gasteiger partial charge in [0.1, 0.15) is 5.82 Å². The lowest BCUT2D eigenvalue weighted by Crippen LogP contribution is -2.30. The topological polar surface area (TPSA) is 80.5 Å². The molecule has 0 fully saturated rings. The first kappa shape index (κ1) is 19.5. The molecule has 0 aliphatic heterocycles. The number of non-ortho nitro benzene ring substituents is 1. The van der Waals surface area contributed by atoms with E-state index in [0.717, 1.165) is 16.4 Å². The molecule has 0 unspecified atom stereocenters. The maximum atomic E-state index is 14.1. The lowest BCUT2D eigenvalue weighted by Gasteiger charge is -2.25. The van der Waals surface area contributed by atoms with Gasteiger partial charge in [0.15, 0.2) is 0 Å². The number of nitro groups is 1. The standard InChI is InChI=1S/C20H17FN2O4S/c1-15-10-11-17(13-20(15)21)22(14-16-6-3-2-4-7-16)28(26,27)19-9-5-8-18(12-19)23(24)25/h2-13H,14H2,1H3. The Morgan fingerprint density at radius 3 is 2.36 bits per heavy atom. The Balaban J connectivity index is 2.13. The zero-order chi connectivity index (χ0) is 20.3. The van der Waals surface area contributed by atoms with Crippen LogP contribution in [0.3, 0.4) is 0 Å². The van der Waals surface area contributed by atoms with E-state index in [0.29, 0.717) is 11.1 Å². The van der Waals surface area contributed by atoms with Gasteiger partial charge in [0, 0.05) is 12.1 Å². The van der Waals surface area contributed by atoms with Crippen molar-refractivity contribution in [1.82, 2.24) is 0 Å². The molecule has 0 aliphatic rings. The van der Waals surface area contributed by atoms with Gasteiger partial charge in [0.2, 0.25) is 0 Å². The van der Waals surface area contributed by atoms with Crippen LogP contribution in [0.25, 0.3) is 0 Å². The van der Waals surface area contributed by atoms with E-state index in [2.05, 4.69) is 0 Å². The highest BCUT2D eigenvalue weighted by atomic mass is 32.2. The van der Waals surface area contributed by atoms with Crippen molar-refractivity contribution in [3.63, 3.8) is 0 Å². The van der Waals surface area contributed by atoms with E-state index in [-0.39, 0.29) is 22.8 Å². The van der Waals surface area contributed by atoms with Crippen molar-refractivity contribution < 1.29 is 17.7 Å². The van der Waals surface area contributed by atoms with E-state index in [4.69, 9.17) is 0 Å². The third kappa shape index (κ3) is 4.01. The summed E-state index contributed by atoms with van der Waals surface area (Å²) in [4.78, 5) is 10.1. The molecule has 6 nitrogen and oxygen atoms in total. The highest BCUT2D eigenvalue weighted by molar-refractivity contribution is 7.92. The summed E-state index contributed by atoms with van der Waals surface area (Å²) in [7, 11) is -4.18. The Hall–Kier alpha value is -3.26. The van der Waals surface area contributed by atoms with E-state index in [1.807, 2.05) is 0 Å². The molecule has 3 aromatic rings. The first-order valence-corrected chi connectivity index (χ1v) is 9.80. The Kier molecular flexibility index (Phi) is 5.41. The number of sulfonamides is 1. The number of aryl methyl sites for hydroxylation is 1. The summed E-state index contributed by atoms with van der Waals surface area (Å²) in [6.07, 6.45) is 0. The molecule has 0 spiro atoms. The van der Waals surface area contributed by atoms with Crippen molar-refractivity contribution in [3.8, 4) is 0 Å². The SMILES string of the molecule is Cc1ccc(N(Cc2ccccc2)S(=O)(=O)c2cccc([N+](=O)[O-])c2)cc1F. The van der Waals surface area contributed by atoms with Gasteiger partial charge in [-0.15, -0.1) is 0 Å². The first-order chi connectivity index (χ1) is 13.3. The minimum Gasteiger partial charge on any atom is -0.262 e. The van der Waals surface area contributed by atoms with Crippen LogP contribution in [-0.4, -0.2) is 13.3 Å². The maximum absolute atomic E-state index is 14.1. The van der Waals surface area contributed by atoms with Crippen LogP contribution in [0.2, 0.25) is 0 Å². The molecule has 8 heteroatoms. The third-order valence-corrected chi connectivity index (χ3v) is 6.00. The van der Waals surface area contributed by atoms with Crippen molar-refractivity contribution in [2.45, 2.75) is 18.4 Å². The summed E-state index contributed by atoms with van der Waals surface area (Å²) in [5.74, 6) is -0.537. The van der Waals surface area contributed by atoms with E-state index < -0.39 is 20.8 Å². The van der Waals surface area contributed by atoms with Crippen molar-refractivity contribution in [3.05, 3.63) is 99.9 Å². The normalized spacial score (nSPS) is 11.2. The fourth-order valence-corrected chi connectivity index (χ4v) is 4.17. The minimum absolute atomic E-state index is 0.0473. The lowest BCUT2D eigenvalue weighted by atomic mass is 10.2. The van der Waals surface area contributed by atoms with Crippen LogP contribution in [0.5, 0.6) is 0 Å². The third-order valence-electron chi connectivity index (χ3n) is 4.23. The van der Waals surface area contributed by atoms with Gasteiger partial charge < -0.3 is 0 Å². The summed E-state index contributed by atoms with van der Waals surface area (Å²) in [6, 6.07) is 17.8. The van der Waals surface area contributed by atoms with Crippen LogP contribution in [0.1, 0.15) is 11.1 Å². The molecule has 0 bridgehead atoms. The quantitative estimate of drug-likeness (QED) is 0.453. The maximum Gasteiger partial charge on any atom is 0.270 e.